The van der Waals surface area contributed by atoms with Crippen LogP contribution in [-0.4, -0.2) is 46.0 Å². The smallest absolute Gasteiger partial charge is 0.275 e. The van der Waals surface area contributed by atoms with Crippen molar-refractivity contribution in [1.29, 1.82) is 0 Å². The van der Waals surface area contributed by atoms with Crippen LogP contribution in [-0.2, 0) is 0 Å². The van der Waals surface area contributed by atoms with Gasteiger partial charge in [-0.3, -0.25) is 4.79 Å². The zero-order valence-corrected chi connectivity index (χ0v) is 15.5. The second-order valence-corrected chi connectivity index (χ2v) is 6.38. The van der Waals surface area contributed by atoms with Crippen LogP contribution in [0.25, 0.3) is 5.69 Å². The van der Waals surface area contributed by atoms with Crippen molar-refractivity contribution in [2.45, 2.75) is 0 Å². The minimum absolute atomic E-state index is 0.232. The molecule has 0 spiro atoms. The summed E-state index contributed by atoms with van der Waals surface area (Å²) < 4.78 is 7.07. The SMILES string of the molecule is CN(CCOc1cccc(Cl)c1)C(=O)c1cn(-c2ccccc2Cl)nn1. The van der Waals surface area contributed by atoms with Crippen LogP contribution in [0.2, 0.25) is 10.0 Å². The van der Waals surface area contributed by atoms with E-state index in [0.717, 1.165) is 0 Å². The number of halogens is 2. The number of likely N-dealkylation sites (N-methyl/N-ethyl adjacent to an activating group) is 1. The summed E-state index contributed by atoms with van der Waals surface area (Å²) in [5, 5.41) is 9.04. The summed E-state index contributed by atoms with van der Waals surface area (Å²) in [6.07, 6.45) is 1.55. The second kappa shape index (κ2) is 8.21. The molecule has 8 heteroatoms. The van der Waals surface area contributed by atoms with E-state index in [0.29, 0.717) is 34.6 Å². The van der Waals surface area contributed by atoms with Crippen molar-refractivity contribution in [2.75, 3.05) is 20.2 Å². The molecule has 3 aromatic rings. The van der Waals surface area contributed by atoms with E-state index in [1.165, 1.54) is 9.58 Å². The van der Waals surface area contributed by atoms with Gasteiger partial charge in [0.25, 0.3) is 5.91 Å². The molecule has 0 aliphatic carbocycles. The van der Waals surface area contributed by atoms with Crippen molar-refractivity contribution in [3.05, 3.63) is 70.5 Å². The van der Waals surface area contributed by atoms with Crippen molar-refractivity contribution in [1.82, 2.24) is 19.9 Å². The molecule has 0 unspecified atom stereocenters. The summed E-state index contributed by atoms with van der Waals surface area (Å²) in [6.45, 7) is 0.728. The molecule has 0 radical (unpaired) electrons. The van der Waals surface area contributed by atoms with Crippen LogP contribution in [0.15, 0.2) is 54.7 Å². The lowest BCUT2D eigenvalue weighted by molar-refractivity contribution is 0.0768. The Hall–Kier alpha value is -2.57. The van der Waals surface area contributed by atoms with Gasteiger partial charge in [0.15, 0.2) is 5.69 Å². The van der Waals surface area contributed by atoms with Gasteiger partial charge in [0.05, 0.1) is 23.5 Å². The molecule has 3 rings (SSSR count). The van der Waals surface area contributed by atoms with Crippen LogP contribution in [0.4, 0.5) is 0 Å². The number of hydrogen-bond acceptors (Lipinski definition) is 4. The number of aromatic nitrogens is 3. The van der Waals surface area contributed by atoms with Crippen molar-refractivity contribution in [3.8, 4) is 11.4 Å². The highest BCUT2D eigenvalue weighted by Crippen LogP contribution is 2.19. The lowest BCUT2D eigenvalue weighted by Crippen LogP contribution is -2.31. The summed E-state index contributed by atoms with van der Waals surface area (Å²) in [7, 11) is 1.68. The van der Waals surface area contributed by atoms with Gasteiger partial charge < -0.3 is 9.64 Å². The van der Waals surface area contributed by atoms with E-state index < -0.39 is 0 Å². The molecule has 26 heavy (non-hydrogen) atoms. The molecule has 0 atom stereocenters. The average Bonchev–Trinajstić information content (AvgIpc) is 3.11. The van der Waals surface area contributed by atoms with E-state index in [4.69, 9.17) is 27.9 Å². The monoisotopic (exact) mass is 390 g/mol. The molecule has 0 saturated carbocycles. The molecule has 0 aliphatic rings. The number of rotatable bonds is 6. The van der Waals surface area contributed by atoms with E-state index in [1.807, 2.05) is 18.2 Å². The fourth-order valence-electron chi connectivity index (χ4n) is 2.27. The van der Waals surface area contributed by atoms with Gasteiger partial charge in [-0.15, -0.1) is 5.10 Å². The minimum Gasteiger partial charge on any atom is -0.492 e. The maximum atomic E-state index is 12.5. The molecule has 1 heterocycles. The molecule has 0 fully saturated rings. The van der Waals surface area contributed by atoms with Crippen LogP contribution < -0.4 is 4.74 Å². The third-order valence-electron chi connectivity index (χ3n) is 3.65. The Labute approximate surface area is 160 Å². The summed E-state index contributed by atoms with van der Waals surface area (Å²) in [5.41, 5.74) is 0.892. The number of carbonyl (C=O) groups is 1. The van der Waals surface area contributed by atoms with Gasteiger partial charge in [0.1, 0.15) is 12.4 Å². The predicted molar refractivity (Wildman–Crippen MR) is 100 cm³/mol. The van der Waals surface area contributed by atoms with Crippen LogP contribution in [0, 0.1) is 0 Å². The summed E-state index contributed by atoms with van der Waals surface area (Å²) in [6, 6.07) is 14.3. The quantitative estimate of drug-likeness (QED) is 0.643. The number of amides is 1. The Morgan fingerprint density at radius 2 is 2.00 bits per heavy atom. The highest BCUT2D eigenvalue weighted by atomic mass is 35.5. The van der Waals surface area contributed by atoms with Crippen LogP contribution in [0.3, 0.4) is 0 Å². The maximum Gasteiger partial charge on any atom is 0.275 e. The second-order valence-electron chi connectivity index (χ2n) is 5.53. The number of benzene rings is 2. The molecule has 1 amide bonds. The normalized spacial score (nSPS) is 10.6. The minimum atomic E-state index is -0.252. The fraction of sp³-hybridized carbons (Fsp3) is 0.167. The molecule has 0 aliphatic heterocycles. The molecule has 0 bridgehead atoms. The fourth-order valence-corrected chi connectivity index (χ4v) is 2.67. The zero-order chi connectivity index (χ0) is 18.5. The third kappa shape index (κ3) is 4.33. The van der Waals surface area contributed by atoms with E-state index >= 15 is 0 Å². The Balaban J connectivity index is 1.59. The molecule has 1 aromatic heterocycles. The number of carbonyl (C=O) groups excluding carboxylic acids is 1. The van der Waals surface area contributed by atoms with E-state index in [1.54, 1.807) is 43.6 Å². The van der Waals surface area contributed by atoms with Gasteiger partial charge in [0, 0.05) is 12.1 Å². The first-order chi connectivity index (χ1) is 12.5. The Morgan fingerprint density at radius 3 is 2.77 bits per heavy atom. The molecule has 6 nitrogen and oxygen atoms in total. The number of para-hydroxylation sites is 1. The Kier molecular flexibility index (Phi) is 5.75. The Bertz CT molecular complexity index is 913. The van der Waals surface area contributed by atoms with E-state index in [9.17, 15) is 4.79 Å². The number of ether oxygens (including phenoxy) is 1. The summed E-state index contributed by atoms with van der Waals surface area (Å²) in [4.78, 5) is 14.0. The van der Waals surface area contributed by atoms with Gasteiger partial charge >= 0.3 is 0 Å². The van der Waals surface area contributed by atoms with Gasteiger partial charge in [-0.25, -0.2) is 4.68 Å². The molecular formula is C18H16Cl2N4O2. The third-order valence-corrected chi connectivity index (χ3v) is 4.20. The first-order valence-electron chi connectivity index (χ1n) is 7.85. The van der Waals surface area contributed by atoms with Crippen molar-refractivity contribution < 1.29 is 9.53 Å². The van der Waals surface area contributed by atoms with E-state index in [2.05, 4.69) is 10.3 Å². The highest BCUT2D eigenvalue weighted by molar-refractivity contribution is 6.32. The van der Waals surface area contributed by atoms with Gasteiger partial charge in [-0.05, 0) is 30.3 Å². The van der Waals surface area contributed by atoms with Crippen molar-refractivity contribution in [3.63, 3.8) is 0 Å². The van der Waals surface area contributed by atoms with Gasteiger partial charge in [-0.1, -0.05) is 46.6 Å². The maximum absolute atomic E-state index is 12.5. The van der Waals surface area contributed by atoms with Crippen LogP contribution in [0.5, 0.6) is 5.75 Å². The standard InChI is InChI=1S/C18H16Cl2N4O2/c1-23(9-10-26-14-6-4-5-13(19)11-14)18(25)16-12-24(22-21-16)17-8-3-2-7-15(17)20/h2-8,11-12H,9-10H2,1H3. The Morgan fingerprint density at radius 1 is 1.19 bits per heavy atom. The lowest BCUT2D eigenvalue weighted by atomic mass is 10.3. The van der Waals surface area contributed by atoms with Gasteiger partial charge in [-0.2, -0.15) is 0 Å². The molecular weight excluding hydrogens is 375 g/mol. The van der Waals surface area contributed by atoms with Gasteiger partial charge in [0.2, 0.25) is 0 Å². The largest absolute Gasteiger partial charge is 0.492 e. The summed E-state index contributed by atoms with van der Waals surface area (Å²) in [5.74, 6) is 0.404. The number of nitrogens with zero attached hydrogens (tertiary/aromatic N) is 4. The average molecular weight is 391 g/mol. The first kappa shape index (κ1) is 18.2. The summed E-state index contributed by atoms with van der Waals surface area (Å²) >= 11 is 12.0. The highest BCUT2D eigenvalue weighted by Gasteiger charge is 2.17. The first-order valence-corrected chi connectivity index (χ1v) is 8.61. The molecule has 134 valence electrons. The lowest BCUT2D eigenvalue weighted by Gasteiger charge is -2.16. The molecule has 0 N–H and O–H groups in total. The molecule has 2 aromatic carbocycles. The molecule has 0 saturated heterocycles. The van der Waals surface area contributed by atoms with Crippen LogP contribution in [0.1, 0.15) is 10.5 Å². The van der Waals surface area contributed by atoms with Crippen molar-refractivity contribution in [2.24, 2.45) is 0 Å². The number of hydrogen-bond donors (Lipinski definition) is 0. The van der Waals surface area contributed by atoms with E-state index in [-0.39, 0.29) is 11.6 Å². The topological polar surface area (TPSA) is 60.2 Å². The predicted octanol–water partition coefficient (Wildman–Crippen LogP) is 3.73. The zero-order valence-electron chi connectivity index (χ0n) is 14.0. The van der Waals surface area contributed by atoms with Crippen molar-refractivity contribution >= 4 is 29.1 Å². The van der Waals surface area contributed by atoms with Crippen LogP contribution >= 0.6 is 23.2 Å².